The van der Waals surface area contributed by atoms with E-state index in [4.69, 9.17) is 5.10 Å². The highest BCUT2D eigenvalue weighted by Crippen LogP contribution is 2.67. The highest BCUT2D eigenvalue weighted by Gasteiger charge is 2.63. The lowest BCUT2D eigenvalue weighted by atomic mass is 10.0. The molecule has 0 amide bonds. The Hall–Kier alpha value is -0.830. The quantitative estimate of drug-likeness (QED) is 0.816. The molecule has 0 bridgehead atoms. The molecule has 114 valence electrons. The number of hydrogen-bond acceptors (Lipinski definition) is 2. The highest BCUT2D eigenvalue weighted by atomic mass is 15.3. The molecular formula is C17H31N3. The van der Waals surface area contributed by atoms with E-state index in [2.05, 4.69) is 63.8 Å². The van der Waals surface area contributed by atoms with Crippen molar-refractivity contribution in [3.05, 3.63) is 18.0 Å². The van der Waals surface area contributed by atoms with Crippen molar-refractivity contribution in [1.82, 2.24) is 15.1 Å². The zero-order valence-corrected chi connectivity index (χ0v) is 14.0. The molecule has 0 aliphatic heterocycles. The molecule has 1 saturated carbocycles. The van der Waals surface area contributed by atoms with Gasteiger partial charge in [-0.25, -0.2) is 0 Å². The van der Waals surface area contributed by atoms with Crippen molar-refractivity contribution >= 4 is 0 Å². The summed E-state index contributed by atoms with van der Waals surface area (Å²) in [6.45, 7) is 15.9. The minimum atomic E-state index is 0.467. The van der Waals surface area contributed by atoms with Gasteiger partial charge in [0.15, 0.2) is 0 Å². The van der Waals surface area contributed by atoms with Gasteiger partial charge in [-0.3, -0.25) is 4.68 Å². The molecule has 0 unspecified atom stereocenters. The Balaban J connectivity index is 1.81. The van der Waals surface area contributed by atoms with Crippen molar-refractivity contribution < 1.29 is 0 Å². The van der Waals surface area contributed by atoms with Crippen LogP contribution >= 0.6 is 0 Å². The van der Waals surface area contributed by atoms with E-state index in [-0.39, 0.29) is 0 Å². The standard InChI is InChI=1S/C17H31N3/c1-7-14(8-2)20-10-9-13(19-20)11-18-12-15-16(3,4)17(15,5)6/h9-10,14-15,18H,7-8,11-12H2,1-6H3. The summed E-state index contributed by atoms with van der Waals surface area (Å²) < 4.78 is 2.13. The predicted molar refractivity (Wildman–Crippen MR) is 84.6 cm³/mol. The van der Waals surface area contributed by atoms with Gasteiger partial charge in [0, 0.05) is 12.7 Å². The van der Waals surface area contributed by atoms with Gasteiger partial charge in [0.25, 0.3) is 0 Å². The van der Waals surface area contributed by atoms with Crippen LogP contribution in [0.4, 0.5) is 0 Å². The lowest BCUT2D eigenvalue weighted by Crippen LogP contribution is -2.19. The number of nitrogens with one attached hydrogen (secondary N) is 1. The van der Waals surface area contributed by atoms with Crippen LogP contribution in [0.15, 0.2) is 12.3 Å². The lowest BCUT2D eigenvalue weighted by Gasteiger charge is -2.12. The van der Waals surface area contributed by atoms with Crippen molar-refractivity contribution in [3.8, 4) is 0 Å². The number of hydrogen-bond donors (Lipinski definition) is 1. The van der Waals surface area contributed by atoms with Gasteiger partial charge in [-0.15, -0.1) is 0 Å². The summed E-state index contributed by atoms with van der Waals surface area (Å²) >= 11 is 0. The van der Waals surface area contributed by atoms with E-state index >= 15 is 0 Å². The van der Waals surface area contributed by atoms with Gasteiger partial charge < -0.3 is 5.32 Å². The summed E-state index contributed by atoms with van der Waals surface area (Å²) in [6.07, 6.45) is 4.42. The van der Waals surface area contributed by atoms with Crippen LogP contribution in [0.1, 0.15) is 66.1 Å². The van der Waals surface area contributed by atoms with Crippen LogP contribution < -0.4 is 5.32 Å². The van der Waals surface area contributed by atoms with Crippen LogP contribution in [0.5, 0.6) is 0 Å². The molecule has 1 heterocycles. The third-order valence-electron chi connectivity index (χ3n) is 5.95. The van der Waals surface area contributed by atoms with Gasteiger partial charge >= 0.3 is 0 Å². The molecule has 1 aliphatic carbocycles. The van der Waals surface area contributed by atoms with Crippen LogP contribution in [0.2, 0.25) is 0 Å². The Morgan fingerprint density at radius 1 is 1.20 bits per heavy atom. The van der Waals surface area contributed by atoms with Crippen molar-refractivity contribution in [2.24, 2.45) is 16.7 Å². The van der Waals surface area contributed by atoms with Gasteiger partial charge in [-0.05, 0) is 42.2 Å². The van der Waals surface area contributed by atoms with Crippen LogP contribution in [-0.2, 0) is 6.54 Å². The molecule has 1 N–H and O–H groups in total. The van der Waals surface area contributed by atoms with E-state index in [1.807, 2.05) is 0 Å². The molecular weight excluding hydrogens is 246 g/mol. The third kappa shape index (κ3) is 2.65. The van der Waals surface area contributed by atoms with Gasteiger partial charge in [0.2, 0.25) is 0 Å². The molecule has 0 atom stereocenters. The lowest BCUT2D eigenvalue weighted by molar-refractivity contribution is 0.423. The smallest absolute Gasteiger partial charge is 0.0762 e. The average Bonchev–Trinajstić information content (AvgIpc) is 2.75. The molecule has 0 spiro atoms. The van der Waals surface area contributed by atoms with Crippen molar-refractivity contribution in [2.75, 3.05) is 6.54 Å². The minimum Gasteiger partial charge on any atom is -0.311 e. The van der Waals surface area contributed by atoms with Crippen LogP contribution in [-0.4, -0.2) is 16.3 Å². The van der Waals surface area contributed by atoms with E-state index in [0.29, 0.717) is 16.9 Å². The Labute approximate surface area is 124 Å². The summed E-state index contributed by atoms with van der Waals surface area (Å²) in [4.78, 5) is 0. The molecule has 1 aromatic rings. The normalized spacial score (nSPS) is 20.6. The Morgan fingerprint density at radius 2 is 1.80 bits per heavy atom. The van der Waals surface area contributed by atoms with Crippen molar-refractivity contribution in [1.29, 1.82) is 0 Å². The number of rotatable bonds is 7. The summed E-state index contributed by atoms with van der Waals surface area (Å²) in [5, 5.41) is 8.28. The van der Waals surface area contributed by atoms with E-state index in [0.717, 1.165) is 37.5 Å². The summed E-state index contributed by atoms with van der Waals surface area (Å²) in [5.74, 6) is 0.774. The maximum absolute atomic E-state index is 4.70. The molecule has 0 radical (unpaired) electrons. The predicted octanol–water partition coefficient (Wildman–Crippen LogP) is 4.02. The van der Waals surface area contributed by atoms with Crippen molar-refractivity contribution in [2.45, 2.75) is 67.0 Å². The molecule has 0 aromatic carbocycles. The second-order valence-electron chi connectivity index (χ2n) is 7.38. The van der Waals surface area contributed by atoms with Crippen LogP contribution in [0, 0.1) is 16.7 Å². The van der Waals surface area contributed by atoms with Gasteiger partial charge in [-0.1, -0.05) is 41.5 Å². The Kier molecular flexibility index (Phi) is 4.29. The third-order valence-corrected chi connectivity index (χ3v) is 5.95. The summed E-state index contributed by atoms with van der Waals surface area (Å²) in [5.41, 5.74) is 2.09. The summed E-state index contributed by atoms with van der Waals surface area (Å²) in [6, 6.07) is 2.69. The van der Waals surface area contributed by atoms with E-state index < -0.39 is 0 Å². The first kappa shape index (κ1) is 15.6. The zero-order chi connectivity index (χ0) is 15.0. The molecule has 1 aliphatic rings. The average molecular weight is 277 g/mol. The molecule has 0 saturated heterocycles. The number of aromatic nitrogens is 2. The SMILES string of the molecule is CCC(CC)n1ccc(CNCC2C(C)(C)C2(C)C)n1. The fourth-order valence-corrected chi connectivity index (χ4v) is 3.53. The maximum atomic E-state index is 4.70. The number of nitrogens with zero attached hydrogens (tertiary/aromatic N) is 2. The van der Waals surface area contributed by atoms with Crippen LogP contribution in [0.25, 0.3) is 0 Å². The topological polar surface area (TPSA) is 29.9 Å². The summed E-state index contributed by atoms with van der Waals surface area (Å²) in [7, 11) is 0. The molecule has 3 nitrogen and oxygen atoms in total. The molecule has 20 heavy (non-hydrogen) atoms. The van der Waals surface area contributed by atoms with Gasteiger partial charge in [0.05, 0.1) is 11.7 Å². The second kappa shape index (κ2) is 5.51. The van der Waals surface area contributed by atoms with Gasteiger partial charge in [0.1, 0.15) is 0 Å². The second-order valence-corrected chi connectivity index (χ2v) is 7.38. The van der Waals surface area contributed by atoms with E-state index in [1.54, 1.807) is 0 Å². The van der Waals surface area contributed by atoms with E-state index in [1.165, 1.54) is 0 Å². The zero-order valence-electron chi connectivity index (χ0n) is 14.0. The fraction of sp³-hybridized carbons (Fsp3) is 0.824. The molecule has 1 fully saturated rings. The van der Waals surface area contributed by atoms with Gasteiger partial charge in [-0.2, -0.15) is 5.10 Å². The first-order valence-electron chi connectivity index (χ1n) is 8.09. The van der Waals surface area contributed by atoms with Crippen LogP contribution in [0.3, 0.4) is 0 Å². The fourth-order valence-electron chi connectivity index (χ4n) is 3.53. The minimum absolute atomic E-state index is 0.467. The monoisotopic (exact) mass is 277 g/mol. The molecule has 1 aromatic heterocycles. The Morgan fingerprint density at radius 3 is 2.30 bits per heavy atom. The van der Waals surface area contributed by atoms with E-state index in [9.17, 15) is 0 Å². The first-order valence-corrected chi connectivity index (χ1v) is 8.09. The maximum Gasteiger partial charge on any atom is 0.0762 e. The first-order chi connectivity index (χ1) is 9.34. The largest absolute Gasteiger partial charge is 0.311 e. The van der Waals surface area contributed by atoms with Crippen molar-refractivity contribution in [3.63, 3.8) is 0 Å². The highest BCUT2D eigenvalue weighted by molar-refractivity contribution is 5.13. The molecule has 3 heteroatoms. The Bertz CT molecular complexity index is 427. The molecule has 2 rings (SSSR count).